The lowest BCUT2D eigenvalue weighted by molar-refractivity contribution is -0.126. The second kappa shape index (κ2) is 6.68. The lowest BCUT2D eigenvalue weighted by Crippen LogP contribution is -2.28. The van der Waals surface area contributed by atoms with Crippen molar-refractivity contribution in [1.82, 2.24) is 4.90 Å². The van der Waals surface area contributed by atoms with E-state index in [0.29, 0.717) is 6.54 Å². The van der Waals surface area contributed by atoms with Crippen LogP contribution in [-0.2, 0) is 11.3 Å². The van der Waals surface area contributed by atoms with Gasteiger partial charge in [-0.25, -0.2) is 0 Å². The average Bonchev–Trinajstić information content (AvgIpc) is 3.04. The van der Waals surface area contributed by atoms with Crippen molar-refractivity contribution >= 4 is 34.7 Å². The predicted molar refractivity (Wildman–Crippen MR) is 83.5 cm³/mol. The topological polar surface area (TPSA) is 20.3 Å². The van der Waals surface area contributed by atoms with E-state index in [1.54, 1.807) is 28.7 Å². The normalized spacial score (nSPS) is 11.1. The van der Waals surface area contributed by atoms with E-state index in [1.165, 1.54) is 9.75 Å². The Bertz CT molecular complexity index is 554. The maximum absolute atomic E-state index is 12.1. The standard InChI is InChI=1S/C15H17NOS2/c1-3-16(11-14-5-4-10-18-14)15(17)9-8-13-7-6-12(2)19-13/h4-10H,3,11H2,1-2H3. The second-order valence-electron chi connectivity index (χ2n) is 4.21. The predicted octanol–water partition coefficient (Wildman–Crippen LogP) is 4.18. The number of amides is 1. The van der Waals surface area contributed by atoms with Crippen LogP contribution in [0, 0.1) is 6.92 Å². The lowest BCUT2D eigenvalue weighted by Gasteiger charge is -2.17. The fourth-order valence-electron chi connectivity index (χ4n) is 1.74. The van der Waals surface area contributed by atoms with Gasteiger partial charge in [0.25, 0.3) is 0 Å². The molecule has 0 aliphatic rings. The first-order valence-electron chi connectivity index (χ1n) is 6.25. The van der Waals surface area contributed by atoms with Crippen LogP contribution >= 0.6 is 22.7 Å². The van der Waals surface area contributed by atoms with Gasteiger partial charge in [0.1, 0.15) is 0 Å². The van der Waals surface area contributed by atoms with Gasteiger partial charge in [-0.15, -0.1) is 22.7 Å². The van der Waals surface area contributed by atoms with Gasteiger partial charge in [-0.1, -0.05) is 6.07 Å². The zero-order valence-corrected chi connectivity index (χ0v) is 12.8. The van der Waals surface area contributed by atoms with Gasteiger partial charge in [-0.2, -0.15) is 0 Å². The van der Waals surface area contributed by atoms with E-state index in [0.717, 1.165) is 11.4 Å². The van der Waals surface area contributed by atoms with Crippen molar-refractivity contribution in [2.45, 2.75) is 20.4 Å². The highest BCUT2D eigenvalue weighted by atomic mass is 32.1. The molecule has 2 aromatic heterocycles. The van der Waals surface area contributed by atoms with Crippen LogP contribution < -0.4 is 0 Å². The Kier molecular flexibility index (Phi) is 4.93. The number of nitrogens with zero attached hydrogens (tertiary/aromatic N) is 1. The Balaban J connectivity index is 1.98. The van der Waals surface area contributed by atoms with Crippen LogP contribution in [0.15, 0.2) is 35.7 Å². The molecule has 2 rings (SSSR count). The molecule has 1 amide bonds. The molecule has 0 saturated heterocycles. The van der Waals surface area contributed by atoms with Gasteiger partial charge in [-0.05, 0) is 43.5 Å². The van der Waals surface area contributed by atoms with Crippen LogP contribution in [0.3, 0.4) is 0 Å². The van der Waals surface area contributed by atoms with Crippen LogP contribution in [-0.4, -0.2) is 17.4 Å². The van der Waals surface area contributed by atoms with E-state index in [-0.39, 0.29) is 5.91 Å². The largest absolute Gasteiger partial charge is 0.334 e. The van der Waals surface area contributed by atoms with Crippen molar-refractivity contribution in [2.75, 3.05) is 6.54 Å². The summed E-state index contributed by atoms with van der Waals surface area (Å²) in [5, 5.41) is 2.04. The Hall–Kier alpha value is -1.39. The molecular weight excluding hydrogens is 274 g/mol. The summed E-state index contributed by atoms with van der Waals surface area (Å²) < 4.78 is 0. The fraction of sp³-hybridized carbons (Fsp3) is 0.267. The van der Waals surface area contributed by atoms with Gasteiger partial charge in [0, 0.05) is 27.3 Å². The Labute approximate surface area is 122 Å². The third kappa shape index (κ3) is 4.04. The average molecular weight is 291 g/mol. The maximum atomic E-state index is 12.1. The van der Waals surface area contributed by atoms with E-state index < -0.39 is 0 Å². The summed E-state index contributed by atoms with van der Waals surface area (Å²) in [7, 11) is 0. The number of rotatable bonds is 5. The molecule has 0 radical (unpaired) electrons. The van der Waals surface area contributed by atoms with Crippen LogP contribution in [0.5, 0.6) is 0 Å². The van der Waals surface area contributed by atoms with Crippen molar-refractivity contribution in [2.24, 2.45) is 0 Å². The molecule has 2 nitrogen and oxygen atoms in total. The van der Waals surface area contributed by atoms with Gasteiger partial charge in [0.05, 0.1) is 6.54 Å². The van der Waals surface area contributed by atoms with Gasteiger partial charge < -0.3 is 4.90 Å². The quantitative estimate of drug-likeness (QED) is 0.757. The molecule has 2 heterocycles. The van der Waals surface area contributed by atoms with Crippen molar-refractivity contribution < 1.29 is 4.79 Å². The molecule has 19 heavy (non-hydrogen) atoms. The SMILES string of the molecule is CCN(Cc1cccs1)C(=O)C=Cc1ccc(C)s1. The van der Waals surface area contributed by atoms with Crippen molar-refractivity contribution in [3.63, 3.8) is 0 Å². The number of hydrogen-bond acceptors (Lipinski definition) is 3. The molecule has 2 aromatic rings. The van der Waals surface area contributed by atoms with Crippen molar-refractivity contribution in [1.29, 1.82) is 0 Å². The molecule has 100 valence electrons. The minimum Gasteiger partial charge on any atom is -0.334 e. The lowest BCUT2D eigenvalue weighted by atomic mass is 10.3. The molecule has 0 saturated carbocycles. The third-order valence-corrected chi connectivity index (χ3v) is 4.60. The Morgan fingerprint density at radius 3 is 2.79 bits per heavy atom. The minimum atomic E-state index is 0.0713. The molecule has 0 N–H and O–H groups in total. The number of carbonyl (C=O) groups excluding carboxylic acids is 1. The Morgan fingerprint density at radius 1 is 1.37 bits per heavy atom. The summed E-state index contributed by atoms with van der Waals surface area (Å²) in [6.07, 6.45) is 3.57. The first kappa shape index (κ1) is 14.0. The van der Waals surface area contributed by atoms with Gasteiger partial charge >= 0.3 is 0 Å². The third-order valence-electron chi connectivity index (χ3n) is 2.77. The van der Waals surface area contributed by atoms with Crippen LogP contribution in [0.4, 0.5) is 0 Å². The zero-order valence-electron chi connectivity index (χ0n) is 11.1. The van der Waals surface area contributed by atoms with E-state index >= 15 is 0 Å². The molecule has 0 aliphatic heterocycles. The monoisotopic (exact) mass is 291 g/mol. The van der Waals surface area contributed by atoms with Crippen molar-refractivity contribution in [3.8, 4) is 0 Å². The molecule has 0 fully saturated rings. The molecule has 0 spiro atoms. The molecule has 0 atom stereocenters. The molecule has 0 aromatic carbocycles. The highest BCUT2D eigenvalue weighted by molar-refractivity contribution is 7.12. The number of thiophene rings is 2. The summed E-state index contributed by atoms with van der Waals surface area (Å²) in [6, 6.07) is 8.19. The van der Waals surface area contributed by atoms with E-state index in [4.69, 9.17) is 0 Å². The van der Waals surface area contributed by atoms with Crippen LogP contribution in [0.2, 0.25) is 0 Å². The van der Waals surface area contributed by atoms with E-state index in [1.807, 2.05) is 35.4 Å². The molecular formula is C15H17NOS2. The maximum Gasteiger partial charge on any atom is 0.246 e. The van der Waals surface area contributed by atoms with Crippen molar-refractivity contribution in [3.05, 3.63) is 50.4 Å². The molecule has 0 bridgehead atoms. The summed E-state index contributed by atoms with van der Waals surface area (Å²) >= 11 is 3.38. The second-order valence-corrected chi connectivity index (χ2v) is 6.57. The van der Waals surface area contributed by atoms with Gasteiger partial charge in [0.2, 0.25) is 5.91 Å². The summed E-state index contributed by atoms with van der Waals surface area (Å²) in [6.45, 7) is 5.50. The van der Waals surface area contributed by atoms with Gasteiger partial charge in [0.15, 0.2) is 0 Å². The van der Waals surface area contributed by atoms with E-state index in [9.17, 15) is 4.79 Å². The van der Waals surface area contributed by atoms with E-state index in [2.05, 4.69) is 19.1 Å². The zero-order chi connectivity index (χ0) is 13.7. The summed E-state index contributed by atoms with van der Waals surface area (Å²) in [5.74, 6) is 0.0713. The number of aryl methyl sites for hydroxylation is 1. The highest BCUT2D eigenvalue weighted by Gasteiger charge is 2.09. The highest BCUT2D eigenvalue weighted by Crippen LogP contribution is 2.17. The molecule has 0 aliphatic carbocycles. The van der Waals surface area contributed by atoms with Crippen LogP contribution in [0.25, 0.3) is 6.08 Å². The first-order chi connectivity index (χ1) is 9.19. The number of likely N-dealkylation sites (N-methyl/N-ethyl adjacent to an activating group) is 1. The smallest absolute Gasteiger partial charge is 0.246 e. The molecule has 4 heteroatoms. The fourth-order valence-corrected chi connectivity index (χ4v) is 3.24. The summed E-state index contributed by atoms with van der Waals surface area (Å²) in [5.41, 5.74) is 0. The number of hydrogen-bond donors (Lipinski definition) is 0. The summed E-state index contributed by atoms with van der Waals surface area (Å²) in [4.78, 5) is 17.6. The number of carbonyl (C=O) groups is 1. The first-order valence-corrected chi connectivity index (χ1v) is 7.94. The van der Waals surface area contributed by atoms with Crippen LogP contribution in [0.1, 0.15) is 21.6 Å². The molecule has 0 unspecified atom stereocenters. The van der Waals surface area contributed by atoms with Gasteiger partial charge in [-0.3, -0.25) is 4.79 Å². The Morgan fingerprint density at radius 2 is 2.21 bits per heavy atom. The minimum absolute atomic E-state index is 0.0713.